The van der Waals surface area contributed by atoms with E-state index in [9.17, 15) is 14.7 Å². The monoisotopic (exact) mass is 369 g/mol. The molecule has 142 valence electrons. The van der Waals surface area contributed by atoms with Crippen LogP contribution < -0.4 is 15.5 Å². The van der Waals surface area contributed by atoms with Crippen LogP contribution in [0.5, 0.6) is 5.75 Å². The molecule has 6 heteroatoms. The number of carbonyl (C=O) groups is 1. The Kier molecular flexibility index (Phi) is 5.76. The zero-order valence-electron chi connectivity index (χ0n) is 15.4. The zero-order valence-corrected chi connectivity index (χ0v) is 15.4. The highest BCUT2D eigenvalue weighted by Crippen LogP contribution is 2.22. The van der Waals surface area contributed by atoms with Crippen LogP contribution in [0.1, 0.15) is 20.3 Å². The van der Waals surface area contributed by atoms with E-state index in [1.807, 2.05) is 13.8 Å². The average Bonchev–Trinajstić information content (AvgIpc) is 2.65. The van der Waals surface area contributed by atoms with Crippen molar-refractivity contribution < 1.29 is 19.1 Å². The number of hydrogen-bond acceptors (Lipinski definition) is 5. The van der Waals surface area contributed by atoms with Crippen LogP contribution in [0.2, 0.25) is 0 Å². The molecular formula is C21H23NO5. The summed E-state index contributed by atoms with van der Waals surface area (Å²) < 4.78 is 11.3. The van der Waals surface area contributed by atoms with Gasteiger partial charge in [0.05, 0.1) is 23.4 Å². The highest BCUT2D eigenvalue weighted by molar-refractivity contribution is 5.90. The Morgan fingerprint density at radius 3 is 2.63 bits per heavy atom. The van der Waals surface area contributed by atoms with Gasteiger partial charge in [-0.25, -0.2) is 0 Å². The van der Waals surface area contributed by atoms with Crippen molar-refractivity contribution in [3.8, 4) is 5.75 Å². The molecule has 0 bridgehead atoms. The topological polar surface area (TPSA) is 88.8 Å². The molecule has 1 amide bonds. The predicted octanol–water partition coefficient (Wildman–Crippen LogP) is 2.85. The first-order chi connectivity index (χ1) is 13.0. The number of nitrogens with one attached hydrogen (secondary N) is 1. The summed E-state index contributed by atoms with van der Waals surface area (Å²) in [4.78, 5) is 24.6. The Hall–Kier alpha value is -2.86. The number of aliphatic hydroxyl groups is 1. The Morgan fingerprint density at radius 1 is 1.15 bits per heavy atom. The van der Waals surface area contributed by atoms with Gasteiger partial charge in [-0.3, -0.25) is 9.59 Å². The van der Waals surface area contributed by atoms with Crippen molar-refractivity contribution in [1.29, 1.82) is 0 Å². The maximum atomic E-state index is 12.5. The molecule has 27 heavy (non-hydrogen) atoms. The van der Waals surface area contributed by atoms with Crippen molar-refractivity contribution in [2.75, 3.05) is 13.2 Å². The molecule has 0 aliphatic rings. The third-order valence-electron chi connectivity index (χ3n) is 4.26. The second-order valence-corrected chi connectivity index (χ2v) is 6.95. The van der Waals surface area contributed by atoms with E-state index in [-0.39, 0.29) is 30.6 Å². The SMILES string of the molecule is CC(C)C[C@H](CO)NC(=O)COc1ccc2c(=O)c3ccccc3oc2c1. The van der Waals surface area contributed by atoms with Crippen LogP contribution in [0.25, 0.3) is 21.9 Å². The van der Waals surface area contributed by atoms with E-state index in [2.05, 4.69) is 5.32 Å². The highest BCUT2D eigenvalue weighted by atomic mass is 16.5. The smallest absolute Gasteiger partial charge is 0.258 e. The van der Waals surface area contributed by atoms with Gasteiger partial charge in [0.1, 0.15) is 16.9 Å². The van der Waals surface area contributed by atoms with Gasteiger partial charge in [-0.15, -0.1) is 0 Å². The summed E-state index contributed by atoms with van der Waals surface area (Å²) in [5, 5.41) is 13.1. The van der Waals surface area contributed by atoms with Crippen molar-refractivity contribution in [2.24, 2.45) is 5.92 Å². The summed E-state index contributed by atoms with van der Waals surface area (Å²) in [5.74, 6) is 0.483. The third-order valence-corrected chi connectivity index (χ3v) is 4.26. The van der Waals surface area contributed by atoms with Gasteiger partial charge in [0.2, 0.25) is 5.43 Å². The van der Waals surface area contributed by atoms with Crippen molar-refractivity contribution >= 4 is 27.8 Å². The molecule has 0 fully saturated rings. The molecule has 1 heterocycles. The molecule has 2 aromatic carbocycles. The number of hydrogen-bond donors (Lipinski definition) is 2. The summed E-state index contributed by atoms with van der Waals surface area (Å²) in [5.41, 5.74) is 0.810. The molecule has 0 aliphatic heterocycles. The van der Waals surface area contributed by atoms with Crippen molar-refractivity contribution in [2.45, 2.75) is 26.3 Å². The fourth-order valence-corrected chi connectivity index (χ4v) is 3.04. The fraction of sp³-hybridized carbons (Fsp3) is 0.333. The molecule has 6 nitrogen and oxygen atoms in total. The number of benzene rings is 2. The lowest BCUT2D eigenvalue weighted by atomic mass is 10.0. The van der Waals surface area contributed by atoms with Gasteiger partial charge in [-0.05, 0) is 36.6 Å². The van der Waals surface area contributed by atoms with Crippen LogP contribution in [0.4, 0.5) is 0 Å². The molecule has 1 aromatic heterocycles. The van der Waals surface area contributed by atoms with Crippen LogP contribution in [-0.2, 0) is 4.79 Å². The third kappa shape index (κ3) is 4.46. The van der Waals surface area contributed by atoms with Crippen molar-refractivity contribution in [1.82, 2.24) is 5.32 Å². The van der Waals surface area contributed by atoms with Crippen molar-refractivity contribution in [3.05, 3.63) is 52.7 Å². The lowest BCUT2D eigenvalue weighted by Gasteiger charge is -2.18. The van der Waals surface area contributed by atoms with Gasteiger partial charge in [0.25, 0.3) is 5.91 Å². The average molecular weight is 369 g/mol. The van der Waals surface area contributed by atoms with E-state index in [0.717, 1.165) is 0 Å². The Labute approximate surface area is 156 Å². The molecule has 3 aromatic rings. The maximum absolute atomic E-state index is 12.5. The number of rotatable bonds is 7. The lowest BCUT2D eigenvalue weighted by molar-refractivity contribution is -0.124. The molecule has 3 rings (SSSR count). The first-order valence-corrected chi connectivity index (χ1v) is 8.96. The zero-order chi connectivity index (χ0) is 19.4. The number of amides is 1. The number of aliphatic hydroxyl groups excluding tert-OH is 1. The van der Waals surface area contributed by atoms with E-state index in [4.69, 9.17) is 9.15 Å². The number of para-hydroxylation sites is 1. The van der Waals surface area contributed by atoms with Gasteiger partial charge >= 0.3 is 0 Å². The number of ether oxygens (including phenoxy) is 1. The van der Waals surface area contributed by atoms with Crippen LogP contribution >= 0.6 is 0 Å². The molecule has 0 radical (unpaired) electrons. The van der Waals surface area contributed by atoms with Gasteiger partial charge in [0.15, 0.2) is 6.61 Å². The van der Waals surface area contributed by atoms with E-state index in [1.165, 1.54) is 0 Å². The second kappa shape index (κ2) is 8.22. The second-order valence-electron chi connectivity index (χ2n) is 6.95. The van der Waals surface area contributed by atoms with E-state index in [1.54, 1.807) is 42.5 Å². The summed E-state index contributed by atoms with van der Waals surface area (Å²) in [6.07, 6.45) is 0.691. The molecular weight excluding hydrogens is 346 g/mol. The highest BCUT2D eigenvalue weighted by Gasteiger charge is 2.14. The quantitative estimate of drug-likeness (QED) is 0.625. The minimum absolute atomic E-state index is 0.101. The first kappa shape index (κ1) is 18.9. The Balaban J connectivity index is 1.73. The summed E-state index contributed by atoms with van der Waals surface area (Å²) in [6.45, 7) is 3.76. The minimum atomic E-state index is -0.310. The van der Waals surface area contributed by atoms with E-state index < -0.39 is 0 Å². The summed E-state index contributed by atoms with van der Waals surface area (Å²) in [6, 6.07) is 11.6. The Morgan fingerprint density at radius 2 is 1.89 bits per heavy atom. The lowest BCUT2D eigenvalue weighted by Crippen LogP contribution is -2.40. The summed E-state index contributed by atoms with van der Waals surface area (Å²) in [7, 11) is 0. The fourth-order valence-electron chi connectivity index (χ4n) is 3.04. The van der Waals surface area contributed by atoms with Gasteiger partial charge in [0, 0.05) is 6.07 Å². The molecule has 0 unspecified atom stereocenters. The van der Waals surface area contributed by atoms with E-state index in [0.29, 0.717) is 40.0 Å². The Bertz CT molecular complexity index is 1010. The van der Waals surface area contributed by atoms with Crippen LogP contribution in [0.15, 0.2) is 51.7 Å². The van der Waals surface area contributed by atoms with Crippen molar-refractivity contribution in [3.63, 3.8) is 0 Å². The molecule has 0 aliphatic carbocycles. The predicted molar refractivity (Wildman–Crippen MR) is 104 cm³/mol. The van der Waals surface area contributed by atoms with Crippen LogP contribution in [-0.4, -0.2) is 30.3 Å². The van der Waals surface area contributed by atoms with E-state index >= 15 is 0 Å². The first-order valence-electron chi connectivity index (χ1n) is 8.96. The molecule has 0 saturated heterocycles. The molecule has 2 N–H and O–H groups in total. The normalized spacial score (nSPS) is 12.4. The molecule has 0 saturated carbocycles. The van der Waals surface area contributed by atoms with Crippen LogP contribution in [0.3, 0.4) is 0 Å². The van der Waals surface area contributed by atoms with Gasteiger partial charge in [-0.2, -0.15) is 0 Å². The van der Waals surface area contributed by atoms with Gasteiger partial charge in [-0.1, -0.05) is 26.0 Å². The number of carbonyl (C=O) groups excluding carboxylic acids is 1. The molecule has 0 spiro atoms. The minimum Gasteiger partial charge on any atom is -0.484 e. The summed E-state index contributed by atoms with van der Waals surface area (Å²) >= 11 is 0. The van der Waals surface area contributed by atoms with Gasteiger partial charge < -0.3 is 19.6 Å². The maximum Gasteiger partial charge on any atom is 0.258 e. The number of fused-ring (bicyclic) bond motifs is 2. The van der Waals surface area contributed by atoms with Crippen LogP contribution in [0, 0.1) is 5.92 Å². The molecule has 1 atom stereocenters. The largest absolute Gasteiger partial charge is 0.484 e. The standard InChI is InChI=1S/C21H23NO5/c1-13(2)9-14(11-23)22-20(24)12-26-15-7-8-17-19(10-15)27-18-6-4-3-5-16(18)21(17)25/h3-8,10,13-14,23H,9,11-12H2,1-2H3,(H,22,24)/t14-/m1/s1.